The highest BCUT2D eigenvalue weighted by Gasteiger charge is 2.24. The predicted octanol–water partition coefficient (Wildman–Crippen LogP) is 1.08. The summed E-state index contributed by atoms with van der Waals surface area (Å²) in [5.74, 6) is -0.180. The molecule has 0 aromatic heterocycles. The van der Waals surface area contributed by atoms with Gasteiger partial charge in [0, 0.05) is 17.6 Å². The van der Waals surface area contributed by atoms with E-state index in [2.05, 4.69) is 22.0 Å². The van der Waals surface area contributed by atoms with Crippen LogP contribution in [0, 0.1) is 0 Å². The molecular weight excluding hydrogens is 320 g/mol. The zero-order chi connectivity index (χ0) is 12.4. The quantitative estimate of drug-likeness (QED) is 0.850. The topological polar surface area (TPSA) is 66.6 Å². The third-order valence-electron chi connectivity index (χ3n) is 3.01. The minimum absolute atomic E-state index is 0. The first-order valence-corrected chi connectivity index (χ1v) is 6.33. The van der Waals surface area contributed by atoms with Gasteiger partial charge in [0.2, 0.25) is 5.91 Å². The van der Waals surface area contributed by atoms with Crippen molar-refractivity contribution in [3.63, 3.8) is 0 Å². The van der Waals surface area contributed by atoms with E-state index >= 15 is 0 Å². The van der Waals surface area contributed by atoms with Gasteiger partial charge >= 0.3 is 0 Å². The number of aliphatic hydroxyl groups is 1. The van der Waals surface area contributed by atoms with Gasteiger partial charge in [-0.1, -0.05) is 22.0 Å². The highest BCUT2D eigenvalue weighted by Crippen LogP contribution is 2.23. The van der Waals surface area contributed by atoms with Crippen LogP contribution in [0.5, 0.6) is 0 Å². The maximum absolute atomic E-state index is 11.8. The molecule has 1 aliphatic rings. The summed E-state index contributed by atoms with van der Waals surface area (Å²) in [5, 5.41) is 8.89. The van der Waals surface area contributed by atoms with E-state index in [0.717, 1.165) is 16.5 Å². The second kappa shape index (κ2) is 6.52. The van der Waals surface area contributed by atoms with Crippen LogP contribution >= 0.6 is 28.3 Å². The van der Waals surface area contributed by atoms with E-state index < -0.39 is 6.04 Å². The lowest BCUT2D eigenvalue weighted by Gasteiger charge is -2.30. The number of amides is 1. The molecule has 6 heteroatoms. The second-order valence-corrected chi connectivity index (χ2v) is 5.13. The van der Waals surface area contributed by atoms with Crippen LogP contribution in [0.25, 0.3) is 0 Å². The number of nitrogens with two attached hydrogens (primary N) is 1. The zero-order valence-electron chi connectivity index (χ0n) is 9.80. The molecule has 1 aromatic carbocycles. The summed E-state index contributed by atoms with van der Waals surface area (Å²) >= 11 is 3.44. The van der Waals surface area contributed by atoms with Crippen molar-refractivity contribution < 1.29 is 9.90 Å². The van der Waals surface area contributed by atoms with E-state index in [9.17, 15) is 4.79 Å². The Kier molecular flexibility index (Phi) is 5.59. The normalized spacial score (nSPS) is 15.6. The number of fused-ring (bicyclic) bond motifs is 1. The van der Waals surface area contributed by atoms with Gasteiger partial charge in [-0.3, -0.25) is 4.79 Å². The van der Waals surface area contributed by atoms with Crippen LogP contribution in [-0.4, -0.2) is 35.1 Å². The van der Waals surface area contributed by atoms with Gasteiger partial charge in [-0.25, -0.2) is 0 Å². The van der Waals surface area contributed by atoms with Gasteiger partial charge in [-0.05, 0) is 29.7 Å². The molecule has 1 heterocycles. The minimum Gasteiger partial charge on any atom is -0.394 e. The number of hydrogen-bond donors (Lipinski definition) is 2. The van der Waals surface area contributed by atoms with Crippen LogP contribution in [0.1, 0.15) is 11.1 Å². The van der Waals surface area contributed by atoms with Crippen molar-refractivity contribution in [2.45, 2.75) is 19.0 Å². The van der Waals surface area contributed by atoms with Gasteiger partial charge < -0.3 is 15.7 Å². The number of hydrogen-bond acceptors (Lipinski definition) is 3. The zero-order valence-corrected chi connectivity index (χ0v) is 12.2. The summed E-state index contributed by atoms with van der Waals surface area (Å²) in [6.07, 6.45) is 0.832. The summed E-state index contributed by atoms with van der Waals surface area (Å²) in [4.78, 5) is 13.5. The molecule has 18 heavy (non-hydrogen) atoms. The molecule has 1 atom stereocenters. The highest BCUT2D eigenvalue weighted by molar-refractivity contribution is 9.10. The van der Waals surface area contributed by atoms with E-state index in [4.69, 9.17) is 10.8 Å². The fraction of sp³-hybridized carbons (Fsp3) is 0.417. The predicted molar refractivity (Wildman–Crippen MR) is 75.6 cm³/mol. The molecule has 2 rings (SSSR count). The molecule has 1 amide bonds. The molecule has 0 fully saturated rings. The molecule has 0 unspecified atom stereocenters. The molecule has 4 nitrogen and oxygen atoms in total. The molecule has 0 spiro atoms. The van der Waals surface area contributed by atoms with Crippen molar-refractivity contribution in [3.05, 3.63) is 33.8 Å². The van der Waals surface area contributed by atoms with Gasteiger partial charge in [0.15, 0.2) is 0 Å². The number of benzene rings is 1. The third-order valence-corrected chi connectivity index (χ3v) is 3.50. The molecule has 0 saturated heterocycles. The summed E-state index contributed by atoms with van der Waals surface area (Å²) in [5.41, 5.74) is 7.96. The van der Waals surface area contributed by atoms with Crippen molar-refractivity contribution in [1.29, 1.82) is 0 Å². The Morgan fingerprint density at radius 1 is 1.50 bits per heavy atom. The van der Waals surface area contributed by atoms with Gasteiger partial charge in [0.25, 0.3) is 0 Å². The summed E-state index contributed by atoms with van der Waals surface area (Å²) in [6.45, 7) is 0.938. The number of nitrogens with zero attached hydrogens (tertiary/aromatic N) is 1. The largest absolute Gasteiger partial charge is 0.394 e. The van der Waals surface area contributed by atoms with Crippen LogP contribution in [0.3, 0.4) is 0 Å². The summed E-state index contributed by atoms with van der Waals surface area (Å²) in [6, 6.07) is 5.28. The second-order valence-electron chi connectivity index (χ2n) is 4.21. The van der Waals surface area contributed by atoms with Crippen LogP contribution in [0.2, 0.25) is 0 Å². The molecule has 1 aliphatic heterocycles. The first-order valence-electron chi connectivity index (χ1n) is 5.54. The first-order chi connectivity index (χ1) is 8.11. The smallest absolute Gasteiger partial charge is 0.242 e. The molecule has 3 N–H and O–H groups in total. The molecule has 0 radical (unpaired) electrons. The van der Waals surface area contributed by atoms with Crippen LogP contribution in [-0.2, 0) is 17.8 Å². The number of aliphatic hydroxyl groups excluding tert-OH is 1. The summed E-state index contributed by atoms with van der Waals surface area (Å²) in [7, 11) is 0. The number of carbonyl (C=O) groups excluding carboxylic acids is 1. The molecule has 0 bridgehead atoms. The van der Waals surface area contributed by atoms with E-state index in [1.54, 1.807) is 4.90 Å². The Hall–Kier alpha value is -0.620. The van der Waals surface area contributed by atoms with Gasteiger partial charge in [0.05, 0.1) is 6.61 Å². The van der Waals surface area contributed by atoms with Crippen molar-refractivity contribution in [2.24, 2.45) is 5.73 Å². The average Bonchev–Trinajstić information content (AvgIpc) is 2.36. The Morgan fingerprint density at radius 2 is 2.22 bits per heavy atom. The van der Waals surface area contributed by atoms with Crippen molar-refractivity contribution >= 4 is 34.2 Å². The van der Waals surface area contributed by atoms with E-state index in [1.807, 2.05) is 12.1 Å². The SMILES string of the molecule is Cl.N[C@H](CO)C(=O)N1CCc2cc(Br)ccc2C1. The van der Waals surface area contributed by atoms with Gasteiger partial charge in [0.1, 0.15) is 6.04 Å². The molecular formula is C12H16BrClN2O2. The first kappa shape index (κ1) is 15.4. The van der Waals surface area contributed by atoms with Crippen LogP contribution in [0.15, 0.2) is 22.7 Å². The molecule has 100 valence electrons. The van der Waals surface area contributed by atoms with Crippen molar-refractivity contribution in [3.8, 4) is 0 Å². The van der Waals surface area contributed by atoms with Crippen LogP contribution < -0.4 is 5.73 Å². The average molecular weight is 336 g/mol. The maximum Gasteiger partial charge on any atom is 0.242 e. The lowest BCUT2D eigenvalue weighted by atomic mass is 9.99. The minimum atomic E-state index is -0.799. The third kappa shape index (κ3) is 3.23. The Morgan fingerprint density at radius 3 is 2.89 bits per heavy atom. The van der Waals surface area contributed by atoms with Gasteiger partial charge in [-0.15, -0.1) is 12.4 Å². The Labute approximate surface area is 121 Å². The number of halogens is 2. The number of rotatable bonds is 2. The lowest BCUT2D eigenvalue weighted by molar-refractivity contribution is -0.134. The Balaban J connectivity index is 0.00000162. The van der Waals surface area contributed by atoms with Crippen molar-refractivity contribution in [2.75, 3.05) is 13.2 Å². The lowest BCUT2D eigenvalue weighted by Crippen LogP contribution is -2.47. The van der Waals surface area contributed by atoms with Gasteiger partial charge in [-0.2, -0.15) is 0 Å². The molecule has 0 aliphatic carbocycles. The van der Waals surface area contributed by atoms with E-state index in [0.29, 0.717) is 13.1 Å². The van der Waals surface area contributed by atoms with Crippen molar-refractivity contribution in [1.82, 2.24) is 4.90 Å². The number of carbonyl (C=O) groups is 1. The fourth-order valence-electron chi connectivity index (χ4n) is 2.02. The maximum atomic E-state index is 11.8. The van der Waals surface area contributed by atoms with E-state index in [1.165, 1.54) is 5.56 Å². The van der Waals surface area contributed by atoms with E-state index in [-0.39, 0.29) is 24.9 Å². The molecule has 0 saturated carbocycles. The monoisotopic (exact) mass is 334 g/mol. The Bertz CT molecular complexity index is 442. The fourth-order valence-corrected chi connectivity index (χ4v) is 2.43. The van der Waals surface area contributed by atoms with Crippen LogP contribution in [0.4, 0.5) is 0 Å². The molecule has 1 aromatic rings. The standard InChI is InChI=1S/C12H15BrN2O2.ClH/c13-10-2-1-9-6-15(4-3-8(9)5-10)12(17)11(14)7-16;/h1-2,5,11,16H,3-4,6-7,14H2;1H/t11-;/m1./s1. The highest BCUT2D eigenvalue weighted by atomic mass is 79.9. The summed E-state index contributed by atoms with van der Waals surface area (Å²) < 4.78 is 1.06.